The SMILES string of the molecule is C=C(c1cc(-c2cnn(C)c2OC)cnc1NC)[C@H](C)c1c(OC)ccc(F)c1Cl. The summed E-state index contributed by atoms with van der Waals surface area (Å²) >= 11 is 6.29. The van der Waals surface area contributed by atoms with E-state index in [1.54, 1.807) is 44.3 Å². The second-order valence-electron chi connectivity index (χ2n) is 6.79. The quantitative estimate of drug-likeness (QED) is 0.561. The Bertz CT molecular complexity index is 1100. The van der Waals surface area contributed by atoms with Gasteiger partial charge in [-0.3, -0.25) is 0 Å². The molecule has 2 aromatic heterocycles. The molecule has 0 bridgehead atoms. The number of nitrogens with one attached hydrogen (secondary N) is 1. The number of rotatable bonds is 7. The molecule has 1 atom stereocenters. The molecule has 1 N–H and O–H groups in total. The van der Waals surface area contributed by atoms with E-state index >= 15 is 0 Å². The van der Waals surface area contributed by atoms with Crippen molar-refractivity contribution in [3.8, 4) is 22.8 Å². The molecule has 1 aromatic carbocycles. The van der Waals surface area contributed by atoms with Crippen molar-refractivity contribution in [2.45, 2.75) is 12.8 Å². The molecule has 30 heavy (non-hydrogen) atoms. The summed E-state index contributed by atoms with van der Waals surface area (Å²) in [4.78, 5) is 4.54. The van der Waals surface area contributed by atoms with Crippen molar-refractivity contribution in [2.75, 3.05) is 26.6 Å². The number of aryl methyl sites for hydroxylation is 1. The van der Waals surface area contributed by atoms with E-state index in [0.717, 1.165) is 16.7 Å². The number of hydrogen-bond acceptors (Lipinski definition) is 5. The third-order valence-corrected chi connectivity index (χ3v) is 5.51. The van der Waals surface area contributed by atoms with Crippen LogP contribution >= 0.6 is 11.6 Å². The normalized spacial score (nSPS) is 11.8. The largest absolute Gasteiger partial charge is 0.496 e. The van der Waals surface area contributed by atoms with Gasteiger partial charge in [-0.1, -0.05) is 25.1 Å². The van der Waals surface area contributed by atoms with Crippen molar-refractivity contribution in [2.24, 2.45) is 7.05 Å². The molecule has 2 heterocycles. The molecular weight excluding hydrogens is 407 g/mol. The van der Waals surface area contributed by atoms with Crippen LogP contribution in [0.25, 0.3) is 16.7 Å². The summed E-state index contributed by atoms with van der Waals surface area (Å²) in [5, 5.41) is 7.37. The van der Waals surface area contributed by atoms with Crippen LogP contribution in [0.2, 0.25) is 5.02 Å². The Kier molecular flexibility index (Phi) is 6.31. The van der Waals surface area contributed by atoms with Crippen molar-refractivity contribution in [3.05, 3.63) is 59.1 Å². The van der Waals surface area contributed by atoms with Crippen molar-refractivity contribution >= 4 is 23.0 Å². The number of anilines is 1. The minimum absolute atomic E-state index is 0.0204. The zero-order valence-corrected chi connectivity index (χ0v) is 18.3. The predicted octanol–water partition coefficient (Wildman–Crippen LogP) is 5.15. The number of halogens is 2. The number of aromatic nitrogens is 3. The number of allylic oxidation sites excluding steroid dienone is 1. The highest BCUT2D eigenvalue weighted by Gasteiger charge is 2.24. The average Bonchev–Trinajstić information content (AvgIpc) is 3.14. The van der Waals surface area contributed by atoms with Gasteiger partial charge >= 0.3 is 0 Å². The van der Waals surface area contributed by atoms with Gasteiger partial charge in [-0.25, -0.2) is 14.1 Å². The molecule has 0 unspecified atom stereocenters. The molecule has 0 saturated carbocycles. The van der Waals surface area contributed by atoms with Gasteiger partial charge in [0.25, 0.3) is 0 Å². The second-order valence-corrected chi connectivity index (χ2v) is 7.16. The highest BCUT2D eigenvalue weighted by atomic mass is 35.5. The van der Waals surface area contributed by atoms with Gasteiger partial charge in [0, 0.05) is 42.9 Å². The molecule has 0 aliphatic heterocycles. The van der Waals surface area contributed by atoms with Crippen LogP contribution in [-0.2, 0) is 7.05 Å². The van der Waals surface area contributed by atoms with Crippen molar-refractivity contribution in [1.82, 2.24) is 14.8 Å². The highest BCUT2D eigenvalue weighted by Crippen LogP contribution is 2.43. The van der Waals surface area contributed by atoms with Crippen molar-refractivity contribution in [3.63, 3.8) is 0 Å². The first-order valence-electron chi connectivity index (χ1n) is 9.29. The predicted molar refractivity (Wildman–Crippen MR) is 118 cm³/mol. The topological polar surface area (TPSA) is 61.2 Å². The van der Waals surface area contributed by atoms with Crippen LogP contribution in [0.5, 0.6) is 11.6 Å². The minimum Gasteiger partial charge on any atom is -0.496 e. The fourth-order valence-corrected chi connectivity index (χ4v) is 3.78. The summed E-state index contributed by atoms with van der Waals surface area (Å²) in [5.74, 6) is 0.925. The lowest BCUT2D eigenvalue weighted by Crippen LogP contribution is -2.06. The van der Waals surface area contributed by atoms with Crippen LogP contribution in [0.1, 0.15) is 24.0 Å². The fourth-order valence-electron chi connectivity index (χ4n) is 3.46. The van der Waals surface area contributed by atoms with E-state index in [1.807, 2.05) is 13.0 Å². The summed E-state index contributed by atoms with van der Waals surface area (Å²) in [6.45, 7) is 6.17. The number of methoxy groups -OCH3 is 2. The maximum atomic E-state index is 14.2. The number of pyridine rings is 1. The van der Waals surface area contributed by atoms with Gasteiger partial charge in [-0.2, -0.15) is 5.10 Å². The van der Waals surface area contributed by atoms with Crippen LogP contribution in [0, 0.1) is 5.82 Å². The number of ether oxygens (including phenoxy) is 2. The second kappa shape index (κ2) is 8.75. The van der Waals surface area contributed by atoms with E-state index in [0.29, 0.717) is 28.6 Å². The van der Waals surface area contributed by atoms with E-state index < -0.39 is 5.82 Å². The van der Waals surface area contributed by atoms with Gasteiger partial charge in [0.05, 0.1) is 31.0 Å². The molecule has 3 rings (SSSR count). The van der Waals surface area contributed by atoms with Gasteiger partial charge in [0.1, 0.15) is 17.4 Å². The zero-order chi connectivity index (χ0) is 22.0. The van der Waals surface area contributed by atoms with Gasteiger partial charge in [-0.15, -0.1) is 0 Å². The molecular formula is C22H24ClFN4O2. The molecule has 158 valence electrons. The smallest absolute Gasteiger partial charge is 0.219 e. The van der Waals surface area contributed by atoms with Crippen LogP contribution < -0.4 is 14.8 Å². The van der Waals surface area contributed by atoms with Crippen molar-refractivity contribution < 1.29 is 13.9 Å². The lowest BCUT2D eigenvalue weighted by molar-refractivity contribution is 0.375. The summed E-state index contributed by atoms with van der Waals surface area (Å²) in [6.07, 6.45) is 3.46. The standard InChI is InChI=1S/C22H24ClFN4O2/c1-12(13(2)19-18(29-5)8-7-17(24)20(19)23)15-9-14(10-26-21(15)25-3)16-11-27-28(4)22(16)30-6/h7-11,13H,1H2,2-6H3,(H,25,26)/t13-/m0/s1. The first-order chi connectivity index (χ1) is 14.3. The number of hydrogen-bond donors (Lipinski definition) is 1. The molecule has 0 radical (unpaired) electrons. The molecule has 0 spiro atoms. The first kappa shape index (κ1) is 21.6. The van der Waals surface area contributed by atoms with E-state index in [2.05, 4.69) is 22.0 Å². The minimum atomic E-state index is -0.507. The van der Waals surface area contributed by atoms with E-state index in [9.17, 15) is 4.39 Å². The van der Waals surface area contributed by atoms with Crippen molar-refractivity contribution in [1.29, 1.82) is 0 Å². The number of benzene rings is 1. The lowest BCUT2D eigenvalue weighted by Gasteiger charge is -2.22. The van der Waals surface area contributed by atoms with E-state index in [1.165, 1.54) is 13.2 Å². The Morgan fingerprint density at radius 3 is 2.63 bits per heavy atom. The van der Waals surface area contributed by atoms with Crippen LogP contribution in [0.4, 0.5) is 10.2 Å². The van der Waals surface area contributed by atoms with Gasteiger partial charge in [0.15, 0.2) is 0 Å². The Hall–Kier alpha value is -3.06. The third-order valence-electron chi connectivity index (χ3n) is 5.13. The lowest BCUT2D eigenvalue weighted by atomic mass is 9.88. The Morgan fingerprint density at radius 2 is 2.00 bits per heavy atom. The summed E-state index contributed by atoms with van der Waals surface area (Å²) in [7, 11) is 6.70. The molecule has 0 aliphatic rings. The molecule has 8 heteroatoms. The third kappa shape index (κ3) is 3.73. The average molecular weight is 431 g/mol. The molecule has 0 fully saturated rings. The molecule has 0 amide bonds. The van der Waals surface area contributed by atoms with Gasteiger partial charge in [0.2, 0.25) is 5.88 Å². The van der Waals surface area contributed by atoms with Crippen LogP contribution in [0.15, 0.2) is 37.2 Å². The monoisotopic (exact) mass is 430 g/mol. The molecule has 0 saturated heterocycles. The van der Waals surface area contributed by atoms with E-state index in [4.69, 9.17) is 21.1 Å². The summed E-state index contributed by atoms with van der Waals surface area (Å²) in [6, 6.07) is 4.81. The summed E-state index contributed by atoms with van der Waals surface area (Å²) in [5.41, 5.74) is 3.64. The Labute approximate surface area is 180 Å². The van der Waals surface area contributed by atoms with Gasteiger partial charge < -0.3 is 14.8 Å². The fraction of sp³-hybridized carbons (Fsp3) is 0.273. The highest BCUT2D eigenvalue weighted by molar-refractivity contribution is 6.32. The number of nitrogens with zero attached hydrogens (tertiary/aromatic N) is 3. The molecule has 3 aromatic rings. The molecule has 0 aliphatic carbocycles. The maximum Gasteiger partial charge on any atom is 0.219 e. The first-order valence-corrected chi connectivity index (χ1v) is 9.67. The Morgan fingerprint density at radius 1 is 1.27 bits per heavy atom. The molecule has 6 nitrogen and oxygen atoms in total. The van der Waals surface area contributed by atoms with E-state index in [-0.39, 0.29) is 10.9 Å². The zero-order valence-electron chi connectivity index (χ0n) is 17.6. The van der Waals surface area contributed by atoms with Crippen LogP contribution in [0.3, 0.4) is 0 Å². The van der Waals surface area contributed by atoms with Gasteiger partial charge in [-0.05, 0) is 23.8 Å². The maximum absolute atomic E-state index is 14.2. The van der Waals surface area contributed by atoms with Crippen LogP contribution in [-0.4, -0.2) is 36.0 Å². The summed E-state index contributed by atoms with van der Waals surface area (Å²) < 4.78 is 26.7. The Balaban J connectivity index is 2.11.